The van der Waals surface area contributed by atoms with Crippen LogP contribution in [0.2, 0.25) is 0 Å². The van der Waals surface area contributed by atoms with Crippen molar-refractivity contribution in [2.75, 3.05) is 13.6 Å². The number of aromatic amines is 1. The molecule has 5 N–H and O–H groups in total. The molecule has 0 fully saturated rings. The molecule has 0 aliphatic carbocycles. The number of carboxylic acids is 3. The van der Waals surface area contributed by atoms with Crippen molar-refractivity contribution < 1.29 is 34.8 Å². The lowest BCUT2D eigenvalue weighted by atomic mass is 9.96. The first-order valence-corrected chi connectivity index (χ1v) is 8.82. The van der Waals surface area contributed by atoms with E-state index < -0.39 is 36.4 Å². The highest BCUT2D eigenvalue weighted by atomic mass is 16.4. The number of hydrogen-bond donors (Lipinski definition) is 5. The maximum atomic E-state index is 10.3. The lowest BCUT2D eigenvalue weighted by Gasteiger charge is -2.22. The van der Waals surface area contributed by atoms with Crippen molar-refractivity contribution in [3.63, 3.8) is 0 Å². The van der Waals surface area contributed by atoms with Gasteiger partial charge in [0.15, 0.2) is 5.60 Å². The summed E-state index contributed by atoms with van der Waals surface area (Å²) in [5, 5.41) is 41.4. The molecule has 29 heavy (non-hydrogen) atoms. The fourth-order valence-electron chi connectivity index (χ4n) is 2.98. The molecule has 1 aromatic heterocycles. The van der Waals surface area contributed by atoms with Crippen LogP contribution in [0.15, 0.2) is 30.3 Å². The molecule has 1 aromatic carbocycles. The maximum absolute atomic E-state index is 10.3. The van der Waals surface area contributed by atoms with Gasteiger partial charge in [-0.15, -0.1) is 0 Å². The third-order valence-electron chi connectivity index (χ3n) is 4.46. The molecule has 1 aliphatic heterocycles. The molecule has 0 bridgehead atoms. The number of nitrogens with zero attached hydrogens (tertiary/aromatic N) is 2. The Morgan fingerprint density at radius 2 is 1.69 bits per heavy atom. The summed E-state index contributed by atoms with van der Waals surface area (Å²) in [6, 6.07) is 10.4. The van der Waals surface area contributed by atoms with Gasteiger partial charge in [0.1, 0.15) is 0 Å². The maximum Gasteiger partial charge on any atom is 0.336 e. The van der Waals surface area contributed by atoms with Crippen LogP contribution < -0.4 is 0 Å². The zero-order chi connectivity index (χ0) is 21.6. The second-order valence-electron chi connectivity index (χ2n) is 6.86. The van der Waals surface area contributed by atoms with Gasteiger partial charge in [-0.05, 0) is 7.05 Å². The minimum Gasteiger partial charge on any atom is -0.481 e. The van der Waals surface area contributed by atoms with E-state index in [2.05, 4.69) is 46.4 Å². The number of benzene rings is 1. The molecule has 10 heteroatoms. The van der Waals surface area contributed by atoms with E-state index in [0.717, 1.165) is 25.2 Å². The van der Waals surface area contributed by atoms with Gasteiger partial charge in [-0.2, -0.15) is 5.10 Å². The summed E-state index contributed by atoms with van der Waals surface area (Å²) in [6.45, 7) is 2.11. The Hall–Kier alpha value is -3.24. The molecule has 0 atom stereocenters. The molecule has 0 saturated carbocycles. The summed E-state index contributed by atoms with van der Waals surface area (Å²) >= 11 is 0. The van der Waals surface area contributed by atoms with Crippen molar-refractivity contribution in [3.05, 3.63) is 41.6 Å². The second-order valence-corrected chi connectivity index (χ2v) is 6.86. The van der Waals surface area contributed by atoms with Crippen molar-refractivity contribution in [3.8, 4) is 11.3 Å². The number of aromatic nitrogens is 2. The van der Waals surface area contributed by atoms with Gasteiger partial charge in [0.25, 0.3) is 0 Å². The van der Waals surface area contributed by atoms with E-state index >= 15 is 0 Å². The average Bonchev–Trinajstić information content (AvgIpc) is 3.04. The SMILES string of the molecule is CN1CCc2[nH]nc(-c3ccccc3)c2C1.O=C(O)CC(O)(CC(=O)O)C(=O)O. The number of hydrogen-bond acceptors (Lipinski definition) is 6. The lowest BCUT2D eigenvalue weighted by molar-refractivity contribution is -0.170. The summed E-state index contributed by atoms with van der Waals surface area (Å²) in [7, 11) is 2.16. The van der Waals surface area contributed by atoms with Crippen molar-refractivity contribution in [2.24, 2.45) is 0 Å². The van der Waals surface area contributed by atoms with E-state index in [1.807, 2.05) is 6.07 Å². The summed E-state index contributed by atoms with van der Waals surface area (Å²) in [5.41, 5.74) is 2.24. The third-order valence-corrected chi connectivity index (χ3v) is 4.46. The third kappa shape index (κ3) is 5.87. The van der Waals surface area contributed by atoms with Crippen LogP contribution in [0.25, 0.3) is 11.3 Å². The van der Waals surface area contributed by atoms with Crippen LogP contribution in [0, 0.1) is 0 Å². The highest BCUT2D eigenvalue weighted by molar-refractivity contribution is 5.88. The Labute approximate surface area is 166 Å². The zero-order valence-electron chi connectivity index (χ0n) is 15.8. The molecule has 0 amide bonds. The molecule has 0 spiro atoms. The summed E-state index contributed by atoms with van der Waals surface area (Å²) in [5.74, 6) is -5.02. The van der Waals surface area contributed by atoms with E-state index in [0.29, 0.717) is 0 Å². The van der Waals surface area contributed by atoms with Gasteiger partial charge in [0.05, 0.1) is 18.5 Å². The number of carbonyl (C=O) groups is 3. The van der Waals surface area contributed by atoms with Gasteiger partial charge in [-0.1, -0.05) is 30.3 Å². The van der Waals surface area contributed by atoms with Crippen molar-refractivity contribution >= 4 is 17.9 Å². The summed E-state index contributed by atoms with van der Waals surface area (Å²) in [4.78, 5) is 32.8. The minimum atomic E-state index is -2.74. The fourth-order valence-corrected chi connectivity index (χ4v) is 2.98. The van der Waals surface area contributed by atoms with Crippen LogP contribution in [0.1, 0.15) is 24.1 Å². The molecule has 3 rings (SSSR count). The van der Waals surface area contributed by atoms with Gasteiger partial charge in [0, 0.05) is 36.3 Å². The average molecular weight is 405 g/mol. The number of rotatable bonds is 6. The number of H-pyrrole nitrogens is 1. The normalized spacial score (nSPS) is 13.7. The van der Waals surface area contributed by atoms with Gasteiger partial charge < -0.3 is 25.3 Å². The molecule has 2 heterocycles. The van der Waals surface area contributed by atoms with E-state index in [1.54, 1.807) is 0 Å². The molecule has 0 radical (unpaired) electrons. The van der Waals surface area contributed by atoms with Gasteiger partial charge in [-0.25, -0.2) is 4.79 Å². The summed E-state index contributed by atoms with van der Waals surface area (Å²) < 4.78 is 0. The number of aliphatic hydroxyl groups is 1. The van der Waals surface area contributed by atoms with Crippen LogP contribution in [-0.4, -0.2) is 72.6 Å². The Bertz CT molecular complexity index is 863. The lowest BCUT2D eigenvalue weighted by Crippen LogP contribution is -2.42. The molecule has 2 aromatic rings. The zero-order valence-corrected chi connectivity index (χ0v) is 15.8. The predicted octanol–water partition coefficient (Wildman–Crippen LogP) is 0.816. The first-order valence-electron chi connectivity index (χ1n) is 8.82. The van der Waals surface area contributed by atoms with Crippen molar-refractivity contribution in [1.82, 2.24) is 15.1 Å². The Kier molecular flexibility index (Phi) is 7.08. The van der Waals surface area contributed by atoms with Crippen molar-refractivity contribution in [1.29, 1.82) is 0 Å². The van der Waals surface area contributed by atoms with E-state index in [4.69, 9.17) is 20.4 Å². The quantitative estimate of drug-likeness (QED) is 0.468. The van der Waals surface area contributed by atoms with E-state index in [-0.39, 0.29) is 0 Å². The topological polar surface area (TPSA) is 164 Å². The highest BCUT2D eigenvalue weighted by Crippen LogP contribution is 2.27. The van der Waals surface area contributed by atoms with Gasteiger partial charge >= 0.3 is 17.9 Å². The Balaban J connectivity index is 0.000000213. The smallest absolute Gasteiger partial charge is 0.336 e. The molecule has 1 aliphatic rings. The number of carboxylic acid groups (broad SMARTS) is 3. The van der Waals surface area contributed by atoms with Crippen LogP contribution in [0.3, 0.4) is 0 Å². The molecular formula is C19H23N3O7. The number of nitrogens with one attached hydrogen (secondary N) is 1. The number of likely N-dealkylation sites (N-methyl/N-ethyl adjacent to an activating group) is 1. The van der Waals surface area contributed by atoms with Gasteiger partial charge in [-0.3, -0.25) is 14.7 Å². The predicted molar refractivity (Wildman–Crippen MR) is 101 cm³/mol. The van der Waals surface area contributed by atoms with Crippen molar-refractivity contribution in [2.45, 2.75) is 31.4 Å². The first kappa shape index (κ1) is 22.1. The van der Waals surface area contributed by atoms with E-state index in [1.165, 1.54) is 16.8 Å². The minimum absolute atomic E-state index is 0.996. The monoisotopic (exact) mass is 405 g/mol. The Morgan fingerprint density at radius 1 is 1.10 bits per heavy atom. The molecule has 10 nitrogen and oxygen atoms in total. The van der Waals surface area contributed by atoms with Crippen LogP contribution in [-0.2, 0) is 27.3 Å². The molecule has 156 valence electrons. The first-order chi connectivity index (χ1) is 13.6. The molecular weight excluding hydrogens is 382 g/mol. The standard InChI is InChI=1S/C13H15N3.C6H8O7/c1-16-8-7-12-11(9-16)13(15-14-12)10-5-3-2-4-6-10;7-3(8)1-6(13,5(11)12)2-4(9)10/h2-6H,7-9H2,1H3,(H,14,15);13H,1-2H2,(H,7,8)(H,9,10)(H,11,12). The number of fused-ring (bicyclic) bond motifs is 1. The molecule has 0 unspecified atom stereocenters. The second kappa shape index (κ2) is 9.30. The number of aliphatic carboxylic acids is 3. The van der Waals surface area contributed by atoms with Crippen LogP contribution in [0.4, 0.5) is 0 Å². The van der Waals surface area contributed by atoms with Gasteiger partial charge in [0.2, 0.25) is 0 Å². The van der Waals surface area contributed by atoms with Crippen LogP contribution >= 0.6 is 0 Å². The largest absolute Gasteiger partial charge is 0.481 e. The Morgan fingerprint density at radius 3 is 2.21 bits per heavy atom. The van der Waals surface area contributed by atoms with Crippen LogP contribution in [0.5, 0.6) is 0 Å². The summed E-state index contributed by atoms with van der Waals surface area (Å²) in [6.07, 6.45) is -1.21. The highest BCUT2D eigenvalue weighted by Gasteiger charge is 2.40. The molecule has 0 saturated heterocycles. The fraction of sp³-hybridized carbons (Fsp3) is 0.368. The van der Waals surface area contributed by atoms with E-state index in [9.17, 15) is 14.4 Å².